The van der Waals surface area contributed by atoms with Gasteiger partial charge in [0.05, 0.1) is 19.9 Å². The smallest absolute Gasteiger partial charge is 0.128 e. The van der Waals surface area contributed by atoms with E-state index in [9.17, 15) is 0 Å². The fourth-order valence-electron chi connectivity index (χ4n) is 1.75. The molecule has 0 unspecified atom stereocenters. The van der Waals surface area contributed by atoms with Gasteiger partial charge in [0.2, 0.25) is 0 Å². The lowest BCUT2D eigenvalue weighted by atomic mass is 10.1. The number of pyridine rings is 1. The Balaban J connectivity index is 2.53. The Labute approximate surface area is 107 Å². The summed E-state index contributed by atoms with van der Waals surface area (Å²) < 4.78 is 10.6. The van der Waals surface area contributed by atoms with Gasteiger partial charge in [-0.25, -0.2) is 0 Å². The maximum Gasteiger partial charge on any atom is 0.128 e. The molecular formula is C14H16N2O2. The number of nitrogens with zero attached hydrogens (tertiary/aromatic N) is 1. The summed E-state index contributed by atoms with van der Waals surface area (Å²) in [5.41, 5.74) is 2.76. The lowest BCUT2D eigenvalue weighted by Gasteiger charge is -2.10. The first-order valence-corrected chi connectivity index (χ1v) is 5.64. The molecule has 0 spiro atoms. The summed E-state index contributed by atoms with van der Waals surface area (Å²) >= 11 is 0. The van der Waals surface area contributed by atoms with Gasteiger partial charge in [-0.15, -0.1) is 0 Å². The predicted octanol–water partition coefficient (Wildman–Crippen LogP) is 2.81. The molecule has 0 aliphatic rings. The van der Waals surface area contributed by atoms with Gasteiger partial charge >= 0.3 is 0 Å². The second-order valence-electron chi connectivity index (χ2n) is 3.75. The molecule has 18 heavy (non-hydrogen) atoms. The molecule has 0 saturated heterocycles. The van der Waals surface area contributed by atoms with Crippen LogP contribution in [0.4, 0.5) is 5.69 Å². The van der Waals surface area contributed by atoms with Crippen LogP contribution < -0.4 is 14.8 Å². The van der Waals surface area contributed by atoms with Gasteiger partial charge in [0.25, 0.3) is 0 Å². The zero-order chi connectivity index (χ0) is 13.0. The molecule has 0 radical (unpaired) electrons. The molecule has 0 aliphatic carbocycles. The Kier molecular flexibility index (Phi) is 3.67. The van der Waals surface area contributed by atoms with E-state index < -0.39 is 0 Å². The van der Waals surface area contributed by atoms with E-state index in [1.54, 1.807) is 20.4 Å². The van der Waals surface area contributed by atoms with E-state index in [1.807, 2.05) is 37.4 Å². The predicted molar refractivity (Wildman–Crippen MR) is 72.3 cm³/mol. The second-order valence-corrected chi connectivity index (χ2v) is 3.75. The molecule has 0 amide bonds. The van der Waals surface area contributed by atoms with E-state index in [4.69, 9.17) is 9.47 Å². The van der Waals surface area contributed by atoms with Crippen LogP contribution in [0.15, 0.2) is 36.5 Å². The monoisotopic (exact) mass is 244 g/mol. The average molecular weight is 244 g/mol. The summed E-state index contributed by atoms with van der Waals surface area (Å²) in [5.74, 6) is 1.55. The van der Waals surface area contributed by atoms with Crippen molar-refractivity contribution in [1.82, 2.24) is 4.98 Å². The highest BCUT2D eigenvalue weighted by Crippen LogP contribution is 2.32. The van der Waals surface area contributed by atoms with E-state index in [1.165, 1.54) is 0 Å². The van der Waals surface area contributed by atoms with Gasteiger partial charge in [0.1, 0.15) is 11.5 Å². The molecule has 0 saturated carbocycles. The average Bonchev–Trinajstić information content (AvgIpc) is 2.46. The normalized spacial score (nSPS) is 9.94. The van der Waals surface area contributed by atoms with Crippen molar-refractivity contribution in [2.75, 3.05) is 26.6 Å². The molecule has 0 aliphatic heterocycles. The SMILES string of the molecule is CNc1ccnc(-c2cc(OC)ccc2OC)c1. The highest BCUT2D eigenvalue weighted by molar-refractivity contribution is 5.71. The number of ether oxygens (including phenoxy) is 2. The molecule has 2 rings (SSSR count). The quantitative estimate of drug-likeness (QED) is 0.898. The van der Waals surface area contributed by atoms with Gasteiger partial charge in [0, 0.05) is 24.5 Å². The van der Waals surface area contributed by atoms with Crippen LogP contribution in [0.25, 0.3) is 11.3 Å². The minimum atomic E-state index is 0.775. The van der Waals surface area contributed by atoms with Crippen molar-refractivity contribution in [2.45, 2.75) is 0 Å². The third-order valence-corrected chi connectivity index (χ3v) is 2.73. The van der Waals surface area contributed by atoms with Crippen LogP contribution in [0.2, 0.25) is 0 Å². The maximum absolute atomic E-state index is 5.36. The lowest BCUT2D eigenvalue weighted by molar-refractivity contribution is 0.404. The van der Waals surface area contributed by atoms with Crippen LogP contribution >= 0.6 is 0 Å². The van der Waals surface area contributed by atoms with Crippen LogP contribution in [0, 0.1) is 0 Å². The molecule has 4 nitrogen and oxygen atoms in total. The van der Waals surface area contributed by atoms with Crippen molar-refractivity contribution < 1.29 is 9.47 Å². The first kappa shape index (κ1) is 12.2. The topological polar surface area (TPSA) is 43.4 Å². The molecule has 0 fully saturated rings. The first-order chi connectivity index (χ1) is 8.78. The van der Waals surface area contributed by atoms with Crippen LogP contribution in [0.3, 0.4) is 0 Å². The fraction of sp³-hybridized carbons (Fsp3) is 0.214. The summed E-state index contributed by atoms with van der Waals surface area (Å²) in [4.78, 5) is 4.37. The third kappa shape index (κ3) is 2.37. The Morgan fingerprint density at radius 3 is 2.56 bits per heavy atom. The largest absolute Gasteiger partial charge is 0.497 e. The van der Waals surface area contributed by atoms with Crippen molar-refractivity contribution in [3.8, 4) is 22.8 Å². The maximum atomic E-state index is 5.36. The van der Waals surface area contributed by atoms with Crippen molar-refractivity contribution in [1.29, 1.82) is 0 Å². The second kappa shape index (κ2) is 5.40. The molecule has 0 atom stereocenters. The molecule has 4 heteroatoms. The summed E-state index contributed by atoms with van der Waals surface area (Å²) in [6.45, 7) is 0. The van der Waals surface area contributed by atoms with E-state index in [2.05, 4.69) is 10.3 Å². The van der Waals surface area contributed by atoms with Crippen molar-refractivity contribution in [2.24, 2.45) is 0 Å². The number of methoxy groups -OCH3 is 2. The van der Waals surface area contributed by atoms with Crippen LogP contribution in [0.1, 0.15) is 0 Å². The Bertz CT molecular complexity index is 541. The molecule has 0 bridgehead atoms. The van der Waals surface area contributed by atoms with Crippen molar-refractivity contribution in [3.63, 3.8) is 0 Å². The Morgan fingerprint density at radius 2 is 1.89 bits per heavy atom. The number of anilines is 1. The first-order valence-electron chi connectivity index (χ1n) is 5.64. The molecular weight excluding hydrogens is 228 g/mol. The lowest BCUT2D eigenvalue weighted by Crippen LogP contribution is -1.94. The minimum absolute atomic E-state index is 0.775. The molecule has 94 valence electrons. The van der Waals surface area contributed by atoms with E-state index >= 15 is 0 Å². The highest BCUT2D eigenvalue weighted by Gasteiger charge is 2.09. The molecule has 1 aromatic carbocycles. The van der Waals surface area contributed by atoms with Crippen LogP contribution in [0.5, 0.6) is 11.5 Å². The number of hydrogen-bond acceptors (Lipinski definition) is 4. The van der Waals surface area contributed by atoms with E-state index in [0.29, 0.717) is 0 Å². The Hall–Kier alpha value is -2.23. The number of rotatable bonds is 4. The Morgan fingerprint density at radius 1 is 1.06 bits per heavy atom. The van der Waals surface area contributed by atoms with Gasteiger partial charge in [-0.1, -0.05) is 0 Å². The summed E-state index contributed by atoms with van der Waals surface area (Å²) in [6.07, 6.45) is 1.76. The van der Waals surface area contributed by atoms with Crippen LogP contribution in [-0.2, 0) is 0 Å². The standard InChI is InChI=1S/C14H16N2O2/c1-15-10-6-7-16-13(8-10)12-9-11(17-2)4-5-14(12)18-3/h4-9H,1-3H3,(H,15,16). The zero-order valence-electron chi connectivity index (χ0n) is 10.7. The minimum Gasteiger partial charge on any atom is -0.497 e. The van der Waals surface area contributed by atoms with Gasteiger partial charge in [-0.3, -0.25) is 4.98 Å². The number of hydrogen-bond donors (Lipinski definition) is 1. The third-order valence-electron chi connectivity index (χ3n) is 2.73. The van der Waals surface area contributed by atoms with Crippen LogP contribution in [-0.4, -0.2) is 26.3 Å². The van der Waals surface area contributed by atoms with E-state index in [0.717, 1.165) is 28.4 Å². The summed E-state index contributed by atoms with van der Waals surface area (Å²) in [7, 11) is 5.16. The van der Waals surface area contributed by atoms with Gasteiger partial charge < -0.3 is 14.8 Å². The molecule has 1 aromatic heterocycles. The molecule has 1 N–H and O–H groups in total. The zero-order valence-corrected chi connectivity index (χ0v) is 10.7. The van der Waals surface area contributed by atoms with Crippen molar-refractivity contribution in [3.05, 3.63) is 36.5 Å². The number of aromatic nitrogens is 1. The van der Waals surface area contributed by atoms with Crippen molar-refractivity contribution >= 4 is 5.69 Å². The number of nitrogens with one attached hydrogen (secondary N) is 1. The summed E-state index contributed by atoms with van der Waals surface area (Å²) in [6, 6.07) is 9.54. The van der Waals surface area contributed by atoms with E-state index in [-0.39, 0.29) is 0 Å². The van der Waals surface area contributed by atoms with Gasteiger partial charge in [0.15, 0.2) is 0 Å². The highest BCUT2D eigenvalue weighted by atomic mass is 16.5. The molecule has 1 heterocycles. The summed E-state index contributed by atoms with van der Waals surface area (Å²) in [5, 5.41) is 3.09. The fourth-order valence-corrected chi connectivity index (χ4v) is 1.75. The van der Waals surface area contributed by atoms with Gasteiger partial charge in [-0.2, -0.15) is 0 Å². The van der Waals surface area contributed by atoms with Gasteiger partial charge in [-0.05, 0) is 30.3 Å². The number of benzene rings is 1. The molecule has 2 aromatic rings.